The normalized spacial score (nSPS) is 21.5. The Bertz CT molecular complexity index is 522. The van der Waals surface area contributed by atoms with Crippen LogP contribution in [-0.2, 0) is 6.42 Å². The quantitative estimate of drug-likeness (QED) is 0.893. The van der Waals surface area contributed by atoms with Gasteiger partial charge in [-0.05, 0) is 37.6 Å². The second-order valence-electron chi connectivity index (χ2n) is 5.03. The van der Waals surface area contributed by atoms with Gasteiger partial charge in [0.1, 0.15) is 5.52 Å². The van der Waals surface area contributed by atoms with E-state index in [2.05, 4.69) is 34.4 Å². The van der Waals surface area contributed by atoms with Crippen LogP contribution >= 0.6 is 0 Å². The van der Waals surface area contributed by atoms with Gasteiger partial charge in [-0.3, -0.25) is 0 Å². The van der Waals surface area contributed by atoms with E-state index in [1.54, 1.807) is 0 Å². The number of nitrogens with one attached hydrogen (secondary N) is 1. The Labute approximate surface area is 107 Å². The summed E-state index contributed by atoms with van der Waals surface area (Å²) in [5.41, 5.74) is 3.16. The third kappa shape index (κ3) is 2.40. The molecule has 0 spiro atoms. The first-order valence-electron chi connectivity index (χ1n) is 6.56. The highest BCUT2D eigenvalue weighted by Crippen LogP contribution is 2.17. The van der Waals surface area contributed by atoms with E-state index in [4.69, 9.17) is 4.42 Å². The molecule has 0 saturated carbocycles. The van der Waals surface area contributed by atoms with Gasteiger partial charge in [-0.1, -0.05) is 6.07 Å². The standard InChI is InChI=1S/C14H19N3O/c1-17-7-6-15-9-12(17)4-2-11-3-5-13-14(8-11)18-10-16-13/h3,5,8,10,12,15H,2,4,6-7,9H2,1H3. The van der Waals surface area contributed by atoms with E-state index in [1.165, 1.54) is 18.4 Å². The summed E-state index contributed by atoms with van der Waals surface area (Å²) in [7, 11) is 2.21. The number of hydrogen-bond donors (Lipinski definition) is 1. The van der Waals surface area contributed by atoms with Crippen LogP contribution in [0, 0.1) is 0 Å². The maximum absolute atomic E-state index is 5.34. The summed E-state index contributed by atoms with van der Waals surface area (Å²) in [6.45, 7) is 3.35. The molecule has 1 saturated heterocycles. The zero-order chi connectivity index (χ0) is 12.4. The topological polar surface area (TPSA) is 41.3 Å². The number of nitrogens with zero attached hydrogens (tertiary/aromatic N) is 2. The fraction of sp³-hybridized carbons (Fsp3) is 0.500. The monoisotopic (exact) mass is 245 g/mol. The second kappa shape index (κ2) is 5.08. The van der Waals surface area contributed by atoms with Gasteiger partial charge in [0.2, 0.25) is 0 Å². The molecule has 4 heteroatoms. The number of fused-ring (bicyclic) bond motifs is 1. The molecule has 0 radical (unpaired) electrons. The summed E-state index contributed by atoms with van der Waals surface area (Å²) in [5, 5.41) is 3.46. The number of aryl methyl sites for hydroxylation is 1. The molecule has 1 aromatic carbocycles. The molecule has 1 N–H and O–H groups in total. The molecule has 96 valence electrons. The van der Waals surface area contributed by atoms with E-state index in [9.17, 15) is 0 Å². The van der Waals surface area contributed by atoms with E-state index in [0.29, 0.717) is 6.04 Å². The average Bonchev–Trinajstić information content (AvgIpc) is 2.85. The first-order valence-corrected chi connectivity index (χ1v) is 6.56. The number of piperazine rings is 1. The smallest absolute Gasteiger partial charge is 0.181 e. The van der Waals surface area contributed by atoms with Gasteiger partial charge in [-0.2, -0.15) is 0 Å². The van der Waals surface area contributed by atoms with Crippen molar-refractivity contribution in [2.24, 2.45) is 0 Å². The summed E-state index contributed by atoms with van der Waals surface area (Å²) in [4.78, 5) is 6.58. The molecule has 18 heavy (non-hydrogen) atoms. The number of aromatic nitrogens is 1. The van der Waals surface area contributed by atoms with Crippen LogP contribution in [0.5, 0.6) is 0 Å². The first-order chi connectivity index (χ1) is 8.83. The van der Waals surface area contributed by atoms with Crippen LogP contribution in [0.1, 0.15) is 12.0 Å². The Morgan fingerprint density at radius 2 is 2.44 bits per heavy atom. The van der Waals surface area contributed by atoms with Gasteiger partial charge in [0.25, 0.3) is 0 Å². The minimum Gasteiger partial charge on any atom is -0.443 e. The average molecular weight is 245 g/mol. The third-order valence-corrected chi connectivity index (χ3v) is 3.81. The van der Waals surface area contributed by atoms with Gasteiger partial charge in [-0.25, -0.2) is 4.98 Å². The predicted octanol–water partition coefficient (Wildman–Crippen LogP) is 1.66. The van der Waals surface area contributed by atoms with Crippen molar-refractivity contribution in [2.75, 3.05) is 26.7 Å². The SMILES string of the molecule is CN1CCNCC1CCc1ccc2ncoc2c1. The molecule has 1 fully saturated rings. The highest BCUT2D eigenvalue weighted by atomic mass is 16.3. The lowest BCUT2D eigenvalue weighted by Crippen LogP contribution is -2.49. The van der Waals surface area contributed by atoms with Crippen LogP contribution in [-0.4, -0.2) is 42.6 Å². The van der Waals surface area contributed by atoms with Crippen LogP contribution in [0.15, 0.2) is 29.0 Å². The van der Waals surface area contributed by atoms with Gasteiger partial charge in [-0.15, -0.1) is 0 Å². The Morgan fingerprint density at radius 3 is 3.33 bits per heavy atom. The molecule has 1 aliphatic heterocycles. The fourth-order valence-corrected chi connectivity index (χ4v) is 2.57. The highest BCUT2D eigenvalue weighted by molar-refractivity contribution is 5.72. The van der Waals surface area contributed by atoms with Crippen molar-refractivity contribution >= 4 is 11.1 Å². The van der Waals surface area contributed by atoms with Crippen molar-refractivity contribution in [3.63, 3.8) is 0 Å². The Hall–Kier alpha value is -1.39. The number of rotatable bonds is 3. The molecule has 2 aromatic rings. The molecule has 2 heterocycles. The molecule has 1 atom stereocenters. The fourth-order valence-electron chi connectivity index (χ4n) is 2.57. The molecule has 0 aliphatic carbocycles. The lowest BCUT2D eigenvalue weighted by Gasteiger charge is -2.33. The summed E-state index contributed by atoms with van der Waals surface area (Å²) in [5.74, 6) is 0. The highest BCUT2D eigenvalue weighted by Gasteiger charge is 2.17. The molecule has 4 nitrogen and oxygen atoms in total. The van der Waals surface area contributed by atoms with Crippen LogP contribution in [0.3, 0.4) is 0 Å². The predicted molar refractivity (Wildman–Crippen MR) is 71.6 cm³/mol. The van der Waals surface area contributed by atoms with Crippen molar-refractivity contribution in [1.82, 2.24) is 15.2 Å². The van der Waals surface area contributed by atoms with Crippen molar-refractivity contribution in [2.45, 2.75) is 18.9 Å². The summed E-state index contributed by atoms with van der Waals surface area (Å²) in [6, 6.07) is 6.95. The largest absolute Gasteiger partial charge is 0.443 e. The Morgan fingerprint density at radius 1 is 1.50 bits per heavy atom. The molecule has 0 amide bonds. The van der Waals surface area contributed by atoms with E-state index in [-0.39, 0.29) is 0 Å². The van der Waals surface area contributed by atoms with E-state index in [0.717, 1.165) is 37.2 Å². The van der Waals surface area contributed by atoms with Crippen LogP contribution in [0.4, 0.5) is 0 Å². The molecule has 1 unspecified atom stereocenters. The van der Waals surface area contributed by atoms with Gasteiger partial charge >= 0.3 is 0 Å². The summed E-state index contributed by atoms with van der Waals surface area (Å²) in [6.07, 6.45) is 3.78. The minimum atomic E-state index is 0.643. The molecular formula is C14H19N3O. The molecular weight excluding hydrogens is 226 g/mol. The van der Waals surface area contributed by atoms with E-state index >= 15 is 0 Å². The maximum atomic E-state index is 5.34. The van der Waals surface area contributed by atoms with Gasteiger partial charge < -0.3 is 14.6 Å². The van der Waals surface area contributed by atoms with Crippen LogP contribution in [0.25, 0.3) is 11.1 Å². The number of likely N-dealkylation sites (N-methyl/N-ethyl adjacent to an activating group) is 1. The van der Waals surface area contributed by atoms with Crippen LogP contribution in [0.2, 0.25) is 0 Å². The number of benzene rings is 1. The van der Waals surface area contributed by atoms with Gasteiger partial charge in [0, 0.05) is 25.7 Å². The molecule has 1 aliphatic rings. The summed E-state index contributed by atoms with van der Waals surface area (Å²) >= 11 is 0. The Kier molecular flexibility index (Phi) is 3.30. The maximum Gasteiger partial charge on any atom is 0.181 e. The molecule has 0 bridgehead atoms. The van der Waals surface area contributed by atoms with Crippen LogP contribution < -0.4 is 5.32 Å². The van der Waals surface area contributed by atoms with Crippen molar-refractivity contribution in [3.8, 4) is 0 Å². The lowest BCUT2D eigenvalue weighted by molar-refractivity contribution is 0.191. The minimum absolute atomic E-state index is 0.643. The van der Waals surface area contributed by atoms with Crippen molar-refractivity contribution in [3.05, 3.63) is 30.2 Å². The number of oxazole rings is 1. The second-order valence-corrected chi connectivity index (χ2v) is 5.03. The van der Waals surface area contributed by atoms with Crippen molar-refractivity contribution < 1.29 is 4.42 Å². The third-order valence-electron chi connectivity index (χ3n) is 3.81. The number of hydrogen-bond acceptors (Lipinski definition) is 4. The van der Waals surface area contributed by atoms with E-state index < -0.39 is 0 Å². The molecule has 1 aromatic heterocycles. The van der Waals surface area contributed by atoms with E-state index in [1.807, 2.05) is 6.07 Å². The van der Waals surface area contributed by atoms with Gasteiger partial charge in [0.05, 0.1) is 0 Å². The lowest BCUT2D eigenvalue weighted by atomic mass is 10.0. The molecule has 3 rings (SSSR count). The Balaban J connectivity index is 1.65. The first kappa shape index (κ1) is 11.7. The summed E-state index contributed by atoms with van der Waals surface area (Å²) < 4.78 is 5.34. The zero-order valence-electron chi connectivity index (χ0n) is 10.7. The van der Waals surface area contributed by atoms with Crippen molar-refractivity contribution in [1.29, 1.82) is 0 Å². The van der Waals surface area contributed by atoms with Gasteiger partial charge in [0.15, 0.2) is 12.0 Å². The zero-order valence-corrected chi connectivity index (χ0v) is 10.7.